The first-order valence-corrected chi connectivity index (χ1v) is 6.76. The number of hydrogen-bond acceptors (Lipinski definition) is 5. The maximum Gasteiger partial charge on any atom is 0.133 e. The van der Waals surface area contributed by atoms with Crippen LogP contribution in [-0.4, -0.2) is 36.6 Å². The maximum absolute atomic E-state index is 5.46. The second kappa shape index (κ2) is 6.54. The Labute approximate surface area is 109 Å². The largest absolute Gasteiger partial charge is 0.369 e. The standard InChI is InChI=1S/C13H23N5/c1-18(8-5-11-3-2-4-11)13-9-12(15-7-6-14)16-10-17-13/h9-11H,2-8,14H2,1H3,(H,15,16,17). The molecule has 1 aromatic rings. The second-order valence-electron chi connectivity index (χ2n) is 4.98. The van der Waals surface area contributed by atoms with E-state index < -0.39 is 0 Å². The third kappa shape index (κ3) is 3.57. The van der Waals surface area contributed by atoms with Crippen molar-refractivity contribution in [3.05, 3.63) is 12.4 Å². The number of anilines is 2. The van der Waals surface area contributed by atoms with Crippen LogP contribution in [0.15, 0.2) is 12.4 Å². The molecule has 1 saturated carbocycles. The van der Waals surface area contributed by atoms with Gasteiger partial charge in [0, 0.05) is 32.7 Å². The zero-order chi connectivity index (χ0) is 12.8. The summed E-state index contributed by atoms with van der Waals surface area (Å²) in [6.07, 6.45) is 7.09. The Morgan fingerprint density at radius 3 is 2.94 bits per heavy atom. The third-order valence-corrected chi connectivity index (χ3v) is 3.59. The smallest absolute Gasteiger partial charge is 0.133 e. The van der Waals surface area contributed by atoms with Gasteiger partial charge in [-0.3, -0.25) is 0 Å². The van der Waals surface area contributed by atoms with Gasteiger partial charge in [0.15, 0.2) is 0 Å². The van der Waals surface area contributed by atoms with Crippen LogP contribution in [0.2, 0.25) is 0 Å². The summed E-state index contributed by atoms with van der Waals surface area (Å²) in [4.78, 5) is 10.7. The van der Waals surface area contributed by atoms with Gasteiger partial charge in [-0.25, -0.2) is 9.97 Å². The van der Waals surface area contributed by atoms with Crippen LogP contribution in [0.4, 0.5) is 11.6 Å². The van der Waals surface area contributed by atoms with Gasteiger partial charge in [0.1, 0.15) is 18.0 Å². The normalized spacial score (nSPS) is 15.2. The van der Waals surface area contributed by atoms with E-state index in [1.165, 1.54) is 25.7 Å². The monoisotopic (exact) mass is 249 g/mol. The van der Waals surface area contributed by atoms with E-state index in [2.05, 4.69) is 27.2 Å². The second-order valence-corrected chi connectivity index (χ2v) is 4.98. The fourth-order valence-corrected chi connectivity index (χ4v) is 2.12. The van der Waals surface area contributed by atoms with E-state index in [0.717, 1.165) is 30.6 Å². The highest BCUT2D eigenvalue weighted by atomic mass is 15.2. The van der Waals surface area contributed by atoms with Gasteiger partial charge in [-0.2, -0.15) is 0 Å². The molecule has 0 aromatic carbocycles. The quantitative estimate of drug-likeness (QED) is 0.766. The molecular weight excluding hydrogens is 226 g/mol. The lowest BCUT2D eigenvalue weighted by Gasteiger charge is -2.28. The molecule has 0 amide bonds. The zero-order valence-electron chi connectivity index (χ0n) is 11.1. The highest BCUT2D eigenvalue weighted by Crippen LogP contribution is 2.29. The lowest BCUT2D eigenvalue weighted by atomic mass is 9.83. The number of hydrogen-bond donors (Lipinski definition) is 2. The summed E-state index contributed by atoms with van der Waals surface area (Å²) in [6.45, 7) is 2.41. The van der Waals surface area contributed by atoms with Crippen LogP contribution in [-0.2, 0) is 0 Å². The number of nitrogens with one attached hydrogen (secondary N) is 1. The third-order valence-electron chi connectivity index (χ3n) is 3.59. The summed E-state index contributed by atoms with van der Waals surface area (Å²) in [5, 5.41) is 3.17. The van der Waals surface area contributed by atoms with Gasteiger partial charge >= 0.3 is 0 Å². The van der Waals surface area contributed by atoms with E-state index in [0.29, 0.717) is 6.54 Å². The van der Waals surface area contributed by atoms with Crippen molar-refractivity contribution in [1.29, 1.82) is 0 Å². The highest BCUT2D eigenvalue weighted by Gasteiger charge is 2.17. The Balaban J connectivity index is 1.85. The zero-order valence-corrected chi connectivity index (χ0v) is 11.1. The molecule has 1 heterocycles. The molecule has 5 nitrogen and oxygen atoms in total. The van der Waals surface area contributed by atoms with E-state index >= 15 is 0 Å². The van der Waals surface area contributed by atoms with Crippen molar-refractivity contribution in [2.24, 2.45) is 11.7 Å². The first-order valence-electron chi connectivity index (χ1n) is 6.76. The van der Waals surface area contributed by atoms with Crippen LogP contribution in [0.5, 0.6) is 0 Å². The van der Waals surface area contributed by atoms with Crippen molar-refractivity contribution in [1.82, 2.24) is 9.97 Å². The average Bonchev–Trinajstić information content (AvgIpc) is 2.34. The molecule has 18 heavy (non-hydrogen) atoms. The number of rotatable bonds is 7. The van der Waals surface area contributed by atoms with Crippen LogP contribution >= 0.6 is 0 Å². The fourth-order valence-electron chi connectivity index (χ4n) is 2.12. The Kier molecular flexibility index (Phi) is 4.75. The Morgan fingerprint density at radius 1 is 1.44 bits per heavy atom. The van der Waals surface area contributed by atoms with Crippen molar-refractivity contribution in [3.8, 4) is 0 Å². The molecule has 5 heteroatoms. The lowest BCUT2D eigenvalue weighted by Crippen LogP contribution is -2.24. The van der Waals surface area contributed by atoms with Gasteiger partial charge in [-0.1, -0.05) is 19.3 Å². The van der Waals surface area contributed by atoms with Crippen LogP contribution < -0.4 is 16.0 Å². The summed E-state index contributed by atoms with van der Waals surface area (Å²) in [5.41, 5.74) is 5.46. The van der Waals surface area contributed by atoms with Crippen molar-refractivity contribution in [2.75, 3.05) is 36.9 Å². The Bertz CT molecular complexity index is 364. The molecule has 0 spiro atoms. The summed E-state index contributed by atoms with van der Waals surface area (Å²) in [7, 11) is 2.09. The van der Waals surface area contributed by atoms with E-state index in [4.69, 9.17) is 5.73 Å². The summed E-state index contributed by atoms with van der Waals surface area (Å²) in [6, 6.07) is 1.98. The van der Waals surface area contributed by atoms with Gasteiger partial charge in [0.05, 0.1) is 0 Å². The summed E-state index contributed by atoms with van der Waals surface area (Å²) >= 11 is 0. The van der Waals surface area contributed by atoms with Gasteiger partial charge < -0.3 is 16.0 Å². The van der Waals surface area contributed by atoms with Crippen LogP contribution in [0.3, 0.4) is 0 Å². The van der Waals surface area contributed by atoms with Gasteiger partial charge in [-0.05, 0) is 12.3 Å². The molecule has 0 aliphatic heterocycles. The summed E-state index contributed by atoms with van der Waals surface area (Å²) < 4.78 is 0. The SMILES string of the molecule is CN(CCC1CCC1)c1cc(NCCN)ncn1. The van der Waals surface area contributed by atoms with Crippen LogP contribution in [0.1, 0.15) is 25.7 Å². The van der Waals surface area contributed by atoms with Gasteiger partial charge in [-0.15, -0.1) is 0 Å². The van der Waals surface area contributed by atoms with E-state index in [-0.39, 0.29) is 0 Å². The molecule has 1 aliphatic carbocycles. The molecule has 0 saturated heterocycles. The van der Waals surface area contributed by atoms with Crippen molar-refractivity contribution in [3.63, 3.8) is 0 Å². The van der Waals surface area contributed by atoms with Gasteiger partial charge in [0.2, 0.25) is 0 Å². The molecule has 0 unspecified atom stereocenters. The molecule has 100 valence electrons. The number of aromatic nitrogens is 2. The van der Waals surface area contributed by atoms with Gasteiger partial charge in [0.25, 0.3) is 0 Å². The summed E-state index contributed by atoms with van der Waals surface area (Å²) in [5.74, 6) is 2.76. The molecule has 1 aliphatic rings. The molecule has 1 aromatic heterocycles. The molecular formula is C13H23N5. The molecule has 1 fully saturated rings. The van der Waals surface area contributed by atoms with E-state index in [1.807, 2.05) is 6.07 Å². The molecule has 3 N–H and O–H groups in total. The van der Waals surface area contributed by atoms with E-state index in [9.17, 15) is 0 Å². The molecule has 2 rings (SSSR count). The fraction of sp³-hybridized carbons (Fsp3) is 0.692. The number of nitrogens with zero attached hydrogens (tertiary/aromatic N) is 3. The average molecular weight is 249 g/mol. The topological polar surface area (TPSA) is 67.1 Å². The minimum atomic E-state index is 0.608. The minimum absolute atomic E-state index is 0.608. The Hall–Kier alpha value is -1.36. The predicted molar refractivity (Wildman–Crippen MR) is 74.8 cm³/mol. The predicted octanol–water partition coefficient (Wildman–Crippen LogP) is 1.47. The molecule has 0 radical (unpaired) electrons. The highest BCUT2D eigenvalue weighted by molar-refractivity contribution is 5.47. The van der Waals surface area contributed by atoms with Crippen molar-refractivity contribution in [2.45, 2.75) is 25.7 Å². The maximum atomic E-state index is 5.46. The van der Waals surface area contributed by atoms with Crippen LogP contribution in [0, 0.1) is 5.92 Å². The molecule has 0 bridgehead atoms. The van der Waals surface area contributed by atoms with Crippen LogP contribution in [0.25, 0.3) is 0 Å². The van der Waals surface area contributed by atoms with Crippen molar-refractivity contribution < 1.29 is 0 Å². The number of nitrogens with two attached hydrogens (primary N) is 1. The molecule has 0 atom stereocenters. The first-order chi connectivity index (χ1) is 8.79. The minimum Gasteiger partial charge on any atom is -0.369 e. The Morgan fingerprint density at radius 2 is 2.28 bits per heavy atom. The first kappa shape index (κ1) is 13.1. The van der Waals surface area contributed by atoms with Crippen molar-refractivity contribution >= 4 is 11.6 Å². The van der Waals surface area contributed by atoms with E-state index in [1.54, 1.807) is 6.33 Å². The lowest BCUT2D eigenvalue weighted by molar-refractivity contribution is 0.299.